The van der Waals surface area contributed by atoms with Gasteiger partial charge in [-0.05, 0) is 43.4 Å². The van der Waals surface area contributed by atoms with Gasteiger partial charge in [-0.1, -0.05) is 0 Å². The summed E-state index contributed by atoms with van der Waals surface area (Å²) in [6.45, 7) is 1.75. The van der Waals surface area contributed by atoms with Crippen molar-refractivity contribution in [3.05, 3.63) is 30.3 Å². The fraction of sp³-hybridized carbons (Fsp3) is 0.444. The molecule has 2 aliphatic rings. The third-order valence-corrected chi connectivity index (χ3v) is 5.29. The van der Waals surface area contributed by atoms with Crippen LogP contribution in [0, 0.1) is 11.7 Å². The van der Waals surface area contributed by atoms with E-state index >= 15 is 0 Å². The van der Waals surface area contributed by atoms with E-state index in [0.717, 1.165) is 54.5 Å². The number of nitrogens with one attached hydrogen (secondary N) is 1. The molecular weight excluding hydrogens is 339 g/mol. The van der Waals surface area contributed by atoms with E-state index in [9.17, 15) is 9.50 Å². The summed E-state index contributed by atoms with van der Waals surface area (Å²) in [5.41, 5.74) is 1.44. The van der Waals surface area contributed by atoms with Gasteiger partial charge < -0.3 is 15.0 Å². The van der Waals surface area contributed by atoms with Crippen LogP contribution in [0.2, 0.25) is 0 Å². The van der Waals surface area contributed by atoms with Gasteiger partial charge in [0.2, 0.25) is 0 Å². The molecule has 4 heterocycles. The minimum Gasteiger partial charge on any atom is -0.356 e. The van der Waals surface area contributed by atoms with Crippen molar-refractivity contribution >= 4 is 27.8 Å². The highest BCUT2D eigenvalue weighted by Crippen LogP contribution is 2.36. The summed E-state index contributed by atoms with van der Waals surface area (Å²) in [6.07, 6.45) is 4.98. The number of hydrogen-bond acceptors (Lipinski definition) is 6. The third kappa shape index (κ3) is 2.80. The molecule has 0 amide bonds. The lowest BCUT2D eigenvalue weighted by atomic mass is 9.93. The molecule has 2 N–H and O–H groups in total. The van der Waals surface area contributed by atoms with Crippen LogP contribution >= 0.6 is 0 Å². The van der Waals surface area contributed by atoms with Gasteiger partial charge in [-0.25, -0.2) is 14.4 Å². The molecule has 8 heteroatoms. The number of anilines is 1. The summed E-state index contributed by atoms with van der Waals surface area (Å²) in [5, 5.41) is 11.5. The van der Waals surface area contributed by atoms with Crippen LogP contribution in [0.4, 0.5) is 10.2 Å². The Balaban J connectivity index is 1.46. The molecule has 0 radical (unpaired) electrons. The number of benzene rings is 1. The first-order valence-corrected chi connectivity index (χ1v) is 8.87. The molecule has 0 unspecified atom stereocenters. The number of H-pyrrole nitrogens is 1. The maximum absolute atomic E-state index is 13.6. The first-order chi connectivity index (χ1) is 12.6. The number of halogens is 1. The van der Waals surface area contributed by atoms with Gasteiger partial charge in [-0.3, -0.25) is 0 Å². The van der Waals surface area contributed by atoms with E-state index in [-0.39, 0.29) is 5.82 Å². The van der Waals surface area contributed by atoms with Crippen molar-refractivity contribution in [2.75, 3.05) is 18.0 Å². The smallest absolute Gasteiger partial charge is 0.337 e. The van der Waals surface area contributed by atoms with Gasteiger partial charge in [-0.15, -0.1) is 0 Å². The van der Waals surface area contributed by atoms with Crippen molar-refractivity contribution < 1.29 is 19.3 Å². The Morgan fingerprint density at radius 2 is 2.23 bits per heavy atom. The van der Waals surface area contributed by atoms with Gasteiger partial charge in [0.15, 0.2) is 0 Å². The summed E-state index contributed by atoms with van der Waals surface area (Å²) in [4.78, 5) is 23.5. The number of nitrogens with zero attached hydrogens (tertiary/aromatic N) is 3. The van der Waals surface area contributed by atoms with Gasteiger partial charge in [-0.2, -0.15) is 9.78 Å². The average Bonchev–Trinajstić information content (AvgIpc) is 3.27. The highest BCUT2D eigenvalue weighted by Gasteiger charge is 2.47. The Morgan fingerprint density at radius 1 is 1.35 bits per heavy atom. The normalized spacial score (nSPS) is 22.2. The molecule has 1 aromatic carbocycles. The summed E-state index contributed by atoms with van der Waals surface area (Å²) in [7, 11) is 0. The second-order valence-corrected chi connectivity index (χ2v) is 7.11. The van der Waals surface area contributed by atoms with Crippen molar-refractivity contribution in [1.82, 2.24) is 15.0 Å². The largest absolute Gasteiger partial charge is 0.356 e. The molecule has 2 fully saturated rings. The van der Waals surface area contributed by atoms with Crippen LogP contribution < -0.4 is 4.90 Å². The van der Waals surface area contributed by atoms with Crippen LogP contribution in [-0.2, 0) is 9.78 Å². The Bertz CT molecular complexity index is 972. The molecule has 0 bridgehead atoms. The summed E-state index contributed by atoms with van der Waals surface area (Å²) in [5.74, 6) is -0.353. The number of aliphatic hydroxyl groups is 1. The van der Waals surface area contributed by atoms with Crippen molar-refractivity contribution in [3.63, 3.8) is 0 Å². The topological polar surface area (TPSA) is 90.1 Å². The molecule has 0 spiro atoms. The van der Waals surface area contributed by atoms with Crippen LogP contribution in [0.25, 0.3) is 21.9 Å². The fourth-order valence-corrected chi connectivity index (χ4v) is 3.94. The lowest BCUT2D eigenvalue weighted by molar-refractivity contribution is 0.0149. The van der Waals surface area contributed by atoms with E-state index in [2.05, 4.69) is 29.6 Å². The second-order valence-electron chi connectivity index (χ2n) is 7.11. The van der Waals surface area contributed by atoms with Gasteiger partial charge in [0.1, 0.15) is 23.6 Å². The molecule has 136 valence electrons. The second kappa shape index (κ2) is 5.87. The third-order valence-electron chi connectivity index (χ3n) is 5.29. The minimum atomic E-state index is -1.37. The lowest BCUT2D eigenvalue weighted by Gasteiger charge is -2.34. The van der Waals surface area contributed by atoms with Crippen molar-refractivity contribution in [2.24, 2.45) is 5.92 Å². The lowest BCUT2D eigenvalue weighted by Crippen LogP contribution is -2.36. The monoisotopic (exact) mass is 358 g/mol. The molecule has 3 aromatic rings. The molecule has 0 aliphatic carbocycles. The van der Waals surface area contributed by atoms with Crippen LogP contribution in [0.3, 0.4) is 0 Å². The molecule has 5 rings (SSSR count). The van der Waals surface area contributed by atoms with Gasteiger partial charge in [0.05, 0.1) is 10.9 Å². The molecule has 1 atom stereocenters. The first kappa shape index (κ1) is 15.9. The number of aromatic amines is 1. The number of aromatic nitrogens is 3. The molecule has 2 saturated heterocycles. The molecule has 7 nitrogen and oxygen atoms in total. The molecule has 2 aliphatic heterocycles. The Labute approximate surface area is 148 Å². The Kier molecular flexibility index (Phi) is 3.59. The highest BCUT2D eigenvalue weighted by atomic mass is 19.1. The summed E-state index contributed by atoms with van der Waals surface area (Å²) in [6, 6.07) is 4.72. The van der Waals surface area contributed by atoms with Crippen LogP contribution in [0.5, 0.6) is 0 Å². The van der Waals surface area contributed by atoms with E-state index in [1.807, 2.05) is 0 Å². The van der Waals surface area contributed by atoms with Crippen molar-refractivity contribution in [1.29, 1.82) is 0 Å². The fourth-order valence-electron chi connectivity index (χ4n) is 3.94. The zero-order chi connectivity index (χ0) is 17.7. The van der Waals surface area contributed by atoms with E-state index in [0.29, 0.717) is 18.0 Å². The first-order valence-electron chi connectivity index (χ1n) is 8.87. The molecule has 2 aromatic heterocycles. The number of piperidine rings is 1. The van der Waals surface area contributed by atoms with Crippen molar-refractivity contribution in [3.8, 4) is 0 Å². The van der Waals surface area contributed by atoms with E-state index in [1.165, 1.54) is 12.1 Å². The SMILES string of the molecule is OC1(CC[C@@H]2CCCN(c3ncnc4[nH]c5cc(F)ccc5c34)C2)OO1. The summed E-state index contributed by atoms with van der Waals surface area (Å²) < 4.78 is 13.6. The minimum absolute atomic E-state index is 0.279. The maximum Gasteiger partial charge on any atom is 0.337 e. The zero-order valence-electron chi connectivity index (χ0n) is 14.1. The Hall–Kier alpha value is -2.29. The van der Waals surface area contributed by atoms with Gasteiger partial charge in [0.25, 0.3) is 0 Å². The van der Waals surface area contributed by atoms with Crippen LogP contribution in [0.1, 0.15) is 25.7 Å². The number of hydrogen-bond donors (Lipinski definition) is 2. The Morgan fingerprint density at radius 3 is 3.08 bits per heavy atom. The van der Waals surface area contributed by atoms with E-state index in [1.54, 1.807) is 12.4 Å². The van der Waals surface area contributed by atoms with Gasteiger partial charge in [0, 0.05) is 24.9 Å². The van der Waals surface area contributed by atoms with Crippen molar-refractivity contribution in [2.45, 2.75) is 31.7 Å². The quantitative estimate of drug-likeness (QED) is 0.551. The molecule has 26 heavy (non-hydrogen) atoms. The number of rotatable bonds is 4. The average molecular weight is 358 g/mol. The van der Waals surface area contributed by atoms with Gasteiger partial charge >= 0.3 is 5.97 Å². The predicted molar refractivity (Wildman–Crippen MR) is 92.6 cm³/mol. The molecular formula is C18H19FN4O3. The highest BCUT2D eigenvalue weighted by molar-refractivity contribution is 6.11. The molecule has 0 saturated carbocycles. The predicted octanol–water partition coefficient (Wildman–Crippen LogP) is 2.85. The standard InChI is InChI=1S/C18H19FN4O3/c19-12-3-4-13-14(8-12)22-16-15(13)17(21-10-20-16)23-7-1-2-11(9-23)5-6-18(24)25-26-18/h3-4,8,10-11,24H,1-2,5-7,9H2,(H,20,21,22)/t11-/m0/s1. The van der Waals surface area contributed by atoms with E-state index < -0.39 is 5.97 Å². The number of fused-ring (bicyclic) bond motifs is 3. The summed E-state index contributed by atoms with van der Waals surface area (Å²) >= 11 is 0. The maximum atomic E-state index is 13.6. The van der Waals surface area contributed by atoms with Crippen LogP contribution in [-0.4, -0.2) is 39.1 Å². The van der Waals surface area contributed by atoms with E-state index in [4.69, 9.17) is 0 Å². The van der Waals surface area contributed by atoms with Crippen LogP contribution in [0.15, 0.2) is 24.5 Å². The zero-order valence-corrected chi connectivity index (χ0v) is 14.1.